The second kappa shape index (κ2) is 10.1. The molecule has 0 unspecified atom stereocenters. The minimum Gasteiger partial charge on any atom is -0.491 e. The first-order valence-electron chi connectivity index (χ1n) is 5.62. The maximum Gasteiger partial charge on any atom is 0.223 e. The van der Waals surface area contributed by atoms with Gasteiger partial charge in [-0.2, -0.15) is 0 Å². The van der Waals surface area contributed by atoms with E-state index in [1.165, 1.54) is 0 Å². The van der Waals surface area contributed by atoms with Crippen molar-refractivity contribution in [3.63, 3.8) is 0 Å². The van der Waals surface area contributed by atoms with Crippen LogP contribution in [-0.2, 0) is 4.79 Å². The Morgan fingerprint density at radius 1 is 1.32 bits per heavy atom. The zero-order chi connectivity index (χ0) is 13.4. The van der Waals surface area contributed by atoms with Crippen molar-refractivity contribution in [1.82, 2.24) is 10.6 Å². The summed E-state index contributed by atoms with van der Waals surface area (Å²) in [7, 11) is 1.83. The number of hydrogen-bond donors (Lipinski definition) is 2. The van der Waals surface area contributed by atoms with E-state index in [0.717, 1.165) is 6.54 Å². The molecule has 2 N–H and O–H groups in total. The van der Waals surface area contributed by atoms with Crippen LogP contribution < -0.4 is 15.4 Å². The van der Waals surface area contributed by atoms with Crippen molar-refractivity contribution in [2.75, 3.05) is 26.7 Å². The number of amides is 1. The maximum absolute atomic E-state index is 11.4. The molecule has 4 nitrogen and oxygen atoms in total. The minimum atomic E-state index is -0.0460. The van der Waals surface area contributed by atoms with Crippen LogP contribution in [0.1, 0.15) is 6.42 Å². The molecule has 19 heavy (non-hydrogen) atoms. The summed E-state index contributed by atoms with van der Waals surface area (Å²) < 4.78 is 5.40. The normalized spacial score (nSPS) is 9.63. The molecule has 0 bridgehead atoms. The van der Waals surface area contributed by atoms with Gasteiger partial charge in [-0.3, -0.25) is 4.79 Å². The van der Waals surface area contributed by atoms with E-state index in [4.69, 9.17) is 27.9 Å². The van der Waals surface area contributed by atoms with E-state index in [1.807, 2.05) is 7.05 Å². The van der Waals surface area contributed by atoms with Crippen molar-refractivity contribution in [2.45, 2.75) is 6.42 Å². The molecule has 0 spiro atoms. The average Bonchev–Trinajstić information content (AvgIpc) is 2.32. The molecular weight excluding hydrogens is 311 g/mol. The van der Waals surface area contributed by atoms with Gasteiger partial charge in [-0.25, -0.2) is 0 Å². The molecule has 0 heterocycles. The highest BCUT2D eigenvalue weighted by Crippen LogP contribution is 2.27. The van der Waals surface area contributed by atoms with Crippen LogP contribution in [0.2, 0.25) is 10.0 Å². The summed E-state index contributed by atoms with van der Waals surface area (Å²) in [6.45, 7) is 1.64. The fourth-order valence-electron chi connectivity index (χ4n) is 1.26. The van der Waals surface area contributed by atoms with Gasteiger partial charge >= 0.3 is 0 Å². The van der Waals surface area contributed by atoms with E-state index in [-0.39, 0.29) is 24.9 Å². The van der Waals surface area contributed by atoms with E-state index in [1.54, 1.807) is 18.2 Å². The molecule has 0 atom stereocenters. The van der Waals surface area contributed by atoms with E-state index < -0.39 is 0 Å². The molecule has 0 aliphatic carbocycles. The molecule has 0 saturated heterocycles. The summed E-state index contributed by atoms with van der Waals surface area (Å²) in [5, 5.41) is 6.70. The molecule has 108 valence electrons. The summed E-state index contributed by atoms with van der Waals surface area (Å²) in [5.41, 5.74) is 0. The Labute approximate surface area is 129 Å². The van der Waals surface area contributed by atoms with Gasteiger partial charge in [0.05, 0.1) is 18.1 Å². The van der Waals surface area contributed by atoms with Crippen LogP contribution in [-0.4, -0.2) is 32.7 Å². The van der Waals surface area contributed by atoms with Gasteiger partial charge < -0.3 is 15.4 Å². The van der Waals surface area contributed by atoms with E-state index in [0.29, 0.717) is 28.8 Å². The molecule has 1 aromatic rings. The highest BCUT2D eigenvalue weighted by atomic mass is 35.5. The second-order valence-electron chi connectivity index (χ2n) is 3.63. The van der Waals surface area contributed by atoms with Gasteiger partial charge in [0.2, 0.25) is 5.91 Å². The third-order valence-corrected chi connectivity index (χ3v) is 2.71. The molecule has 0 aromatic heterocycles. The SMILES string of the molecule is CNCCNC(=O)CCOc1ccc(Cl)cc1Cl.Cl. The Morgan fingerprint density at radius 3 is 2.68 bits per heavy atom. The summed E-state index contributed by atoms with van der Waals surface area (Å²) in [6, 6.07) is 4.98. The standard InChI is InChI=1S/C12H16Cl2N2O2.ClH/c1-15-5-6-16-12(17)4-7-18-11-3-2-9(13)8-10(11)14;/h2-3,8,15H,4-7H2,1H3,(H,16,17);1H. The smallest absolute Gasteiger partial charge is 0.223 e. The number of likely N-dealkylation sites (N-methyl/N-ethyl adjacent to an activating group) is 1. The molecule has 0 radical (unpaired) electrons. The van der Waals surface area contributed by atoms with Gasteiger partial charge in [-0.1, -0.05) is 23.2 Å². The van der Waals surface area contributed by atoms with Crippen molar-refractivity contribution >= 4 is 41.5 Å². The monoisotopic (exact) mass is 326 g/mol. The van der Waals surface area contributed by atoms with E-state index in [2.05, 4.69) is 10.6 Å². The van der Waals surface area contributed by atoms with Crippen molar-refractivity contribution in [2.24, 2.45) is 0 Å². The Kier molecular flexibility index (Phi) is 9.79. The lowest BCUT2D eigenvalue weighted by Gasteiger charge is -2.08. The van der Waals surface area contributed by atoms with Crippen LogP contribution in [0.5, 0.6) is 5.75 Å². The van der Waals surface area contributed by atoms with Crippen LogP contribution in [0.4, 0.5) is 0 Å². The summed E-state index contributed by atoms with van der Waals surface area (Å²) in [6.07, 6.45) is 0.294. The molecule has 1 aromatic carbocycles. The van der Waals surface area contributed by atoms with Crippen molar-refractivity contribution < 1.29 is 9.53 Å². The first kappa shape index (κ1) is 18.3. The number of rotatable bonds is 7. The lowest BCUT2D eigenvalue weighted by molar-refractivity contribution is -0.121. The molecule has 7 heteroatoms. The predicted molar refractivity (Wildman–Crippen MR) is 80.8 cm³/mol. The number of halogens is 3. The molecule has 0 saturated carbocycles. The van der Waals surface area contributed by atoms with Gasteiger partial charge in [0, 0.05) is 18.1 Å². The van der Waals surface area contributed by atoms with Crippen molar-refractivity contribution in [3.8, 4) is 5.75 Å². The first-order chi connectivity index (χ1) is 8.63. The zero-order valence-corrected chi connectivity index (χ0v) is 12.9. The number of nitrogens with one attached hydrogen (secondary N) is 2. The van der Waals surface area contributed by atoms with Crippen molar-refractivity contribution in [3.05, 3.63) is 28.2 Å². The summed E-state index contributed by atoms with van der Waals surface area (Å²) >= 11 is 11.7. The molecule has 0 aliphatic rings. The minimum absolute atomic E-state index is 0. The summed E-state index contributed by atoms with van der Waals surface area (Å²) in [4.78, 5) is 11.4. The van der Waals surface area contributed by atoms with Gasteiger partial charge in [-0.15, -0.1) is 12.4 Å². The Balaban J connectivity index is 0.00000324. The van der Waals surface area contributed by atoms with Gasteiger partial charge in [0.25, 0.3) is 0 Å². The van der Waals surface area contributed by atoms with E-state index >= 15 is 0 Å². The lowest BCUT2D eigenvalue weighted by Crippen LogP contribution is -2.31. The Bertz CT molecular complexity index is 403. The Hall–Kier alpha value is -0.680. The second-order valence-corrected chi connectivity index (χ2v) is 4.47. The van der Waals surface area contributed by atoms with Gasteiger partial charge in [0.1, 0.15) is 5.75 Å². The summed E-state index contributed by atoms with van der Waals surface area (Å²) in [5.74, 6) is 0.486. The third kappa shape index (κ3) is 7.47. The van der Waals surface area contributed by atoms with Gasteiger partial charge in [-0.05, 0) is 25.2 Å². The molecule has 1 rings (SSSR count). The fourth-order valence-corrected chi connectivity index (χ4v) is 1.72. The maximum atomic E-state index is 11.4. The Morgan fingerprint density at radius 2 is 2.05 bits per heavy atom. The van der Waals surface area contributed by atoms with Gasteiger partial charge in [0.15, 0.2) is 0 Å². The topological polar surface area (TPSA) is 50.4 Å². The highest BCUT2D eigenvalue weighted by Gasteiger charge is 2.04. The predicted octanol–water partition coefficient (Wildman–Crippen LogP) is 2.52. The average molecular weight is 328 g/mol. The number of ether oxygens (including phenoxy) is 1. The molecular formula is C12H17Cl3N2O2. The molecule has 0 fully saturated rings. The van der Waals surface area contributed by atoms with Crippen LogP contribution in [0.3, 0.4) is 0 Å². The van der Waals surface area contributed by atoms with Crippen LogP contribution in [0.25, 0.3) is 0 Å². The quantitative estimate of drug-likeness (QED) is 0.757. The zero-order valence-electron chi connectivity index (χ0n) is 10.5. The van der Waals surface area contributed by atoms with Crippen LogP contribution in [0, 0.1) is 0 Å². The van der Waals surface area contributed by atoms with Crippen LogP contribution in [0.15, 0.2) is 18.2 Å². The van der Waals surface area contributed by atoms with Crippen LogP contribution >= 0.6 is 35.6 Å². The molecule has 1 amide bonds. The van der Waals surface area contributed by atoms with E-state index in [9.17, 15) is 4.79 Å². The van der Waals surface area contributed by atoms with Crippen molar-refractivity contribution in [1.29, 1.82) is 0 Å². The highest BCUT2D eigenvalue weighted by molar-refractivity contribution is 6.35. The third-order valence-electron chi connectivity index (χ3n) is 2.18. The molecule has 0 aliphatic heterocycles. The number of carbonyl (C=O) groups excluding carboxylic acids is 1. The largest absolute Gasteiger partial charge is 0.491 e. The number of hydrogen-bond acceptors (Lipinski definition) is 3. The fraction of sp³-hybridized carbons (Fsp3) is 0.417. The number of carbonyl (C=O) groups is 1. The lowest BCUT2D eigenvalue weighted by atomic mass is 10.3. The first-order valence-corrected chi connectivity index (χ1v) is 6.38. The number of benzene rings is 1.